The molecule has 2 heterocycles. The average molecular weight is 359 g/mol. The van der Waals surface area contributed by atoms with Crippen LogP contribution in [0.25, 0.3) is 21.3 Å². The Morgan fingerprint density at radius 2 is 2.08 bits per heavy atom. The third-order valence-electron chi connectivity index (χ3n) is 3.88. The third kappa shape index (κ3) is 3.76. The zero-order valence-corrected chi connectivity index (χ0v) is 14.6. The van der Waals surface area contributed by atoms with Gasteiger partial charge in [0.15, 0.2) is 0 Å². The Bertz CT molecular complexity index is 947. The molecular formula is C18H18FN3O2S. The van der Waals surface area contributed by atoms with E-state index in [0.29, 0.717) is 22.3 Å². The lowest BCUT2D eigenvalue weighted by atomic mass is 10.1. The van der Waals surface area contributed by atoms with Crippen LogP contribution in [0, 0.1) is 5.82 Å². The molecule has 130 valence electrons. The topological polar surface area (TPSA) is 64.0 Å². The van der Waals surface area contributed by atoms with E-state index in [4.69, 9.17) is 0 Å². The summed E-state index contributed by atoms with van der Waals surface area (Å²) in [6.45, 7) is 2.57. The summed E-state index contributed by atoms with van der Waals surface area (Å²) in [5.74, 6) is -0.544. The molecule has 0 aliphatic carbocycles. The molecular weight excluding hydrogens is 341 g/mol. The van der Waals surface area contributed by atoms with E-state index in [-0.39, 0.29) is 23.8 Å². The number of halogens is 1. The molecule has 1 amide bonds. The van der Waals surface area contributed by atoms with Crippen molar-refractivity contribution >= 4 is 27.5 Å². The first-order valence-electron chi connectivity index (χ1n) is 8.09. The fourth-order valence-electron chi connectivity index (χ4n) is 2.54. The van der Waals surface area contributed by atoms with E-state index in [1.54, 1.807) is 12.1 Å². The van der Waals surface area contributed by atoms with Crippen LogP contribution in [0.2, 0.25) is 0 Å². The van der Waals surface area contributed by atoms with Crippen LogP contribution in [-0.2, 0) is 11.3 Å². The third-order valence-corrected chi connectivity index (χ3v) is 4.77. The molecule has 0 fully saturated rings. The molecule has 3 rings (SSSR count). The van der Waals surface area contributed by atoms with Crippen molar-refractivity contribution in [1.29, 1.82) is 0 Å². The van der Waals surface area contributed by atoms with Gasteiger partial charge >= 0.3 is 0 Å². The predicted molar refractivity (Wildman–Crippen MR) is 97.2 cm³/mol. The van der Waals surface area contributed by atoms with E-state index in [1.807, 2.05) is 12.3 Å². The molecule has 0 unspecified atom stereocenters. The second-order valence-corrected chi connectivity index (χ2v) is 6.58. The predicted octanol–water partition coefficient (Wildman–Crippen LogP) is 3.18. The lowest BCUT2D eigenvalue weighted by molar-refractivity contribution is -0.121. The molecule has 2 aromatic heterocycles. The second kappa shape index (κ2) is 7.57. The highest BCUT2D eigenvalue weighted by Crippen LogP contribution is 2.30. The van der Waals surface area contributed by atoms with Crippen LogP contribution in [0.1, 0.15) is 19.8 Å². The zero-order chi connectivity index (χ0) is 17.8. The number of thiophene rings is 1. The first-order valence-corrected chi connectivity index (χ1v) is 8.97. The van der Waals surface area contributed by atoms with Gasteiger partial charge in [0.25, 0.3) is 5.56 Å². The Morgan fingerprint density at radius 3 is 2.80 bits per heavy atom. The minimum atomic E-state index is -0.331. The molecule has 0 aliphatic rings. The van der Waals surface area contributed by atoms with Gasteiger partial charge in [-0.2, -0.15) is 0 Å². The Labute approximate surface area is 148 Å². The van der Waals surface area contributed by atoms with Crippen LogP contribution in [0.15, 0.2) is 40.8 Å². The zero-order valence-electron chi connectivity index (χ0n) is 13.8. The lowest BCUT2D eigenvalue weighted by Gasteiger charge is -2.07. The van der Waals surface area contributed by atoms with Crippen LogP contribution in [0.5, 0.6) is 0 Å². The van der Waals surface area contributed by atoms with Gasteiger partial charge in [0.1, 0.15) is 17.2 Å². The summed E-state index contributed by atoms with van der Waals surface area (Å²) in [5.41, 5.74) is 1.19. The van der Waals surface area contributed by atoms with Crippen molar-refractivity contribution in [3.05, 3.63) is 52.1 Å². The highest BCUT2D eigenvalue weighted by Gasteiger charge is 2.14. The summed E-state index contributed by atoms with van der Waals surface area (Å²) in [4.78, 5) is 29.6. The lowest BCUT2D eigenvalue weighted by Crippen LogP contribution is -2.32. The molecule has 1 aromatic carbocycles. The molecule has 1 N–H and O–H groups in total. The van der Waals surface area contributed by atoms with E-state index in [2.05, 4.69) is 10.3 Å². The molecule has 5 nitrogen and oxygen atoms in total. The number of unbranched alkanes of at least 4 members (excludes halogenated alkanes) is 1. The molecule has 0 aliphatic heterocycles. The normalized spacial score (nSPS) is 11.0. The van der Waals surface area contributed by atoms with Gasteiger partial charge < -0.3 is 5.32 Å². The van der Waals surface area contributed by atoms with Crippen molar-refractivity contribution in [2.24, 2.45) is 0 Å². The average Bonchev–Trinajstić information content (AvgIpc) is 3.03. The molecule has 25 heavy (non-hydrogen) atoms. The van der Waals surface area contributed by atoms with Crippen LogP contribution < -0.4 is 10.9 Å². The van der Waals surface area contributed by atoms with Gasteiger partial charge in [0, 0.05) is 17.5 Å². The summed E-state index contributed by atoms with van der Waals surface area (Å²) < 4.78 is 14.4. The number of hydrogen-bond acceptors (Lipinski definition) is 4. The molecule has 3 aromatic rings. The van der Waals surface area contributed by atoms with Gasteiger partial charge in [-0.05, 0) is 24.1 Å². The summed E-state index contributed by atoms with van der Waals surface area (Å²) >= 11 is 1.35. The van der Waals surface area contributed by atoms with Crippen molar-refractivity contribution in [3.8, 4) is 11.1 Å². The summed E-state index contributed by atoms with van der Waals surface area (Å²) in [7, 11) is 0. The Balaban J connectivity index is 1.93. The van der Waals surface area contributed by atoms with Crippen LogP contribution in [0.3, 0.4) is 0 Å². The van der Waals surface area contributed by atoms with Crippen molar-refractivity contribution in [2.75, 3.05) is 6.54 Å². The number of rotatable bonds is 6. The highest BCUT2D eigenvalue weighted by atomic mass is 32.1. The number of benzene rings is 1. The summed E-state index contributed by atoms with van der Waals surface area (Å²) in [6.07, 6.45) is 3.29. The van der Waals surface area contributed by atoms with Gasteiger partial charge in [0.2, 0.25) is 5.91 Å². The fraction of sp³-hybridized carbons (Fsp3) is 0.278. The quantitative estimate of drug-likeness (QED) is 0.688. The van der Waals surface area contributed by atoms with Gasteiger partial charge in [-0.3, -0.25) is 14.2 Å². The minimum Gasteiger partial charge on any atom is -0.355 e. The van der Waals surface area contributed by atoms with Crippen molar-refractivity contribution < 1.29 is 9.18 Å². The maximum absolute atomic E-state index is 13.1. The maximum Gasteiger partial charge on any atom is 0.263 e. The molecule has 0 spiro atoms. The monoisotopic (exact) mass is 359 g/mol. The molecule has 0 saturated carbocycles. The number of carbonyl (C=O) groups excluding carboxylic acids is 1. The van der Waals surface area contributed by atoms with Gasteiger partial charge in [-0.25, -0.2) is 9.37 Å². The first-order chi connectivity index (χ1) is 12.1. The van der Waals surface area contributed by atoms with E-state index in [1.165, 1.54) is 34.4 Å². The van der Waals surface area contributed by atoms with E-state index in [9.17, 15) is 14.0 Å². The van der Waals surface area contributed by atoms with Gasteiger partial charge in [-0.15, -0.1) is 11.3 Å². The number of carbonyl (C=O) groups is 1. The van der Waals surface area contributed by atoms with E-state index < -0.39 is 0 Å². The molecule has 0 atom stereocenters. The number of amides is 1. The van der Waals surface area contributed by atoms with E-state index in [0.717, 1.165) is 18.4 Å². The summed E-state index contributed by atoms with van der Waals surface area (Å²) in [5, 5.41) is 5.08. The molecule has 0 saturated heterocycles. The highest BCUT2D eigenvalue weighted by molar-refractivity contribution is 7.17. The molecule has 0 radical (unpaired) electrons. The fourth-order valence-corrected chi connectivity index (χ4v) is 3.44. The summed E-state index contributed by atoms with van der Waals surface area (Å²) in [6, 6.07) is 5.97. The Morgan fingerprint density at radius 1 is 1.32 bits per heavy atom. The van der Waals surface area contributed by atoms with Crippen molar-refractivity contribution in [1.82, 2.24) is 14.9 Å². The van der Waals surface area contributed by atoms with Crippen LogP contribution in [-0.4, -0.2) is 22.0 Å². The van der Waals surface area contributed by atoms with Gasteiger partial charge in [-0.1, -0.05) is 25.5 Å². The number of nitrogens with one attached hydrogen (secondary N) is 1. The number of nitrogens with zero attached hydrogens (tertiary/aromatic N) is 2. The van der Waals surface area contributed by atoms with Crippen molar-refractivity contribution in [3.63, 3.8) is 0 Å². The van der Waals surface area contributed by atoms with E-state index >= 15 is 0 Å². The Hall–Kier alpha value is -2.54. The molecule has 0 bridgehead atoms. The molecule has 7 heteroatoms. The number of fused-ring (bicyclic) bond motifs is 1. The van der Waals surface area contributed by atoms with Crippen LogP contribution >= 0.6 is 11.3 Å². The maximum atomic E-state index is 13.1. The standard InChI is InChI=1S/C18H18FN3O2S/c1-2-3-8-20-15(23)9-22-11-21-17-16(18(22)24)14(10-25-17)12-4-6-13(19)7-5-12/h4-7,10-11H,2-3,8-9H2,1H3,(H,20,23). The van der Waals surface area contributed by atoms with Crippen molar-refractivity contribution in [2.45, 2.75) is 26.3 Å². The SMILES string of the molecule is CCCCNC(=O)Cn1cnc2scc(-c3ccc(F)cc3)c2c1=O. The first kappa shape index (κ1) is 17.3. The second-order valence-electron chi connectivity index (χ2n) is 5.72. The largest absolute Gasteiger partial charge is 0.355 e. The smallest absolute Gasteiger partial charge is 0.263 e. The van der Waals surface area contributed by atoms with Gasteiger partial charge in [0.05, 0.1) is 11.7 Å². The minimum absolute atomic E-state index is 0.0653. The van der Waals surface area contributed by atoms with Crippen LogP contribution in [0.4, 0.5) is 4.39 Å². The Kier molecular flexibility index (Phi) is 5.23. The number of hydrogen-bond donors (Lipinski definition) is 1. The number of aromatic nitrogens is 2.